The molecule has 4 heteroatoms. The zero-order valence-corrected chi connectivity index (χ0v) is 16.4. The van der Waals surface area contributed by atoms with Crippen LogP contribution >= 0.6 is 0 Å². The van der Waals surface area contributed by atoms with Gasteiger partial charge in [0.15, 0.2) is 0 Å². The molecule has 0 bridgehead atoms. The Bertz CT molecular complexity index is 430. The molecule has 1 unspecified atom stereocenters. The van der Waals surface area contributed by atoms with E-state index in [0.717, 1.165) is 38.5 Å². The smallest absolute Gasteiger partial charge is 0.303 e. The highest BCUT2D eigenvalue weighted by molar-refractivity contribution is 5.66. The van der Waals surface area contributed by atoms with E-state index in [4.69, 9.17) is 5.11 Å². The fourth-order valence-electron chi connectivity index (χ4n) is 3.71. The molecule has 1 rings (SSSR count). The van der Waals surface area contributed by atoms with Crippen molar-refractivity contribution in [1.82, 2.24) is 0 Å². The van der Waals surface area contributed by atoms with Crippen LogP contribution in [0.5, 0.6) is 0 Å². The van der Waals surface area contributed by atoms with Gasteiger partial charge in [-0.25, -0.2) is 0 Å². The van der Waals surface area contributed by atoms with Crippen LogP contribution in [0.2, 0.25) is 0 Å². The van der Waals surface area contributed by atoms with Crippen molar-refractivity contribution in [3.8, 4) is 0 Å². The largest absolute Gasteiger partial charge is 0.481 e. The highest BCUT2D eigenvalue weighted by Gasteiger charge is 2.32. The van der Waals surface area contributed by atoms with Crippen LogP contribution in [0.15, 0.2) is 24.3 Å². The standard InChI is InChI=1S/C22H38O4/c1-2-3-4-5-8-11-19(23)16-14-18-15-17-21(24)20(18)12-9-6-7-10-13-22(25)26/h6,9,14,16,18-21,23-24H,2-5,7-8,10-13,15,17H2,1H3,(H,25,26)/t18-,19?,20-,21-/m1/s1. The summed E-state index contributed by atoms with van der Waals surface area (Å²) in [5, 5.41) is 29.0. The van der Waals surface area contributed by atoms with Gasteiger partial charge in [-0.15, -0.1) is 0 Å². The summed E-state index contributed by atoms with van der Waals surface area (Å²) in [6.07, 6.45) is 18.6. The maximum absolute atomic E-state index is 10.5. The van der Waals surface area contributed by atoms with Gasteiger partial charge in [0.05, 0.1) is 12.2 Å². The van der Waals surface area contributed by atoms with Crippen molar-refractivity contribution in [3.05, 3.63) is 24.3 Å². The maximum atomic E-state index is 10.5. The first-order valence-corrected chi connectivity index (χ1v) is 10.5. The molecular formula is C22H38O4. The minimum Gasteiger partial charge on any atom is -0.481 e. The van der Waals surface area contributed by atoms with Crippen molar-refractivity contribution in [1.29, 1.82) is 0 Å². The molecule has 150 valence electrons. The molecule has 0 spiro atoms. The molecule has 1 saturated carbocycles. The number of hydrogen-bond donors (Lipinski definition) is 3. The van der Waals surface area contributed by atoms with Gasteiger partial charge in [0.2, 0.25) is 0 Å². The van der Waals surface area contributed by atoms with Gasteiger partial charge in [-0.3, -0.25) is 4.79 Å². The molecule has 1 aliphatic rings. The molecule has 0 amide bonds. The first-order valence-electron chi connectivity index (χ1n) is 10.5. The Morgan fingerprint density at radius 2 is 1.88 bits per heavy atom. The highest BCUT2D eigenvalue weighted by Crippen LogP contribution is 2.36. The van der Waals surface area contributed by atoms with Gasteiger partial charge in [-0.1, -0.05) is 63.3 Å². The highest BCUT2D eigenvalue weighted by atomic mass is 16.4. The number of aliphatic carboxylic acids is 1. The minimum atomic E-state index is -0.751. The van der Waals surface area contributed by atoms with Crippen molar-refractivity contribution < 1.29 is 20.1 Å². The lowest BCUT2D eigenvalue weighted by atomic mass is 9.90. The summed E-state index contributed by atoms with van der Waals surface area (Å²) in [6.45, 7) is 2.20. The van der Waals surface area contributed by atoms with Crippen LogP contribution in [0.25, 0.3) is 0 Å². The molecule has 0 aromatic carbocycles. The summed E-state index contributed by atoms with van der Waals surface area (Å²) < 4.78 is 0. The van der Waals surface area contributed by atoms with Crippen LogP contribution in [0, 0.1) is 11.8 Å². The lowest BCUT2D eigenvalue weighted by Gasteiger charge is -2.18. The third kappa shape index (κ3) is 10.1. The number of hydrogen-bond acceptors (Lipinski definition) is 3. The summed E-state index contributed by atoms with van der Waals surface area (Å²) in [7, 11) is 0. The van der Waals surface area contributed by atoms with E-state index in [2.05, 4.69) is 19.1 Å². The van der Waals surface area contributed by atoms with E-state index in [1.165, 1.54) is 25.7 Å². The van der Waals surface area contributed by atoms with Gasteiger partial charge in [-0.05, 0) is 50.4 Å². The molecule has 3 N–H and O–H groups in total. The van der Waals surface area contributed by atoms with E-state index in [1.54, 1.807) is 0 Å². The second kappa shape index (κ2) is 14.0. The normalized spacial score (nSPS) is 24.7. The molecule has 0 saturated heterocycles. The average Bonchev–Trinajstić information content (AvgIpc) is 2.95. The van der Waals surface area contributed by atoms with E-state index in [1.807, 2.05) is 12.2 Å². The van der Waals surface area contributed by atoms with E-state index < -0.39 is 5.97 Å². The zero-order valence-electron chi connectivity index (χ0n) is 16.4. The van der Waals surface area contributed by atoms with Gasteiger partial charge >= 0.3 is 5.97 Å². The summed E-state index contributed by atoms with van der Waals surface area (Å²) >= 11 is 0. The topological polar surface area (TPSA) is 77.8 Å². The number of aliphatic hydroxyl groups is 2. The summed E-state index contributed by atoms with van der Waals surface area (Å²) in [5.74, 6) is -0.221. The van der Waals surface area contributed by atoms with Gasteiger partial charge < -0.3 is 15.3 Å². The number of aliphatic hydroxyl groups excluding tert-OH is 2. The number of unbranched alkanes of at least 4 members (excludes halogenated alkanes) is 5. The number of carboxylic acids is 1. The minimum absolute atomic E-state index is 0.206. The van der Waals surface area contributed by atoms with E-state index >= 15 is 0 Å². The number of carbonyl (C=O) groups is 1. The molecule has 26 heavy (non-hydrogen) atoms. The van der Waals surface area contributed by atoms with Crippen LogP contribution in [-0.2, 0) is 4.79 Å². The summed E-state index contributed by atoms with van der Waals surface area (Å²) in [5.41, 5.74) is 0. The molecule has 0 aromatic rings. The third-order valence-electron chi connectivity index (χ3n) is 5.36. The van der Waals surface area contributed by atoms with Crippen molar-refractivity contribution in [2.75, 3.05) is 0 Å². The SMILES string of the molecule is CCCCCCCC(O)C=C[C@@H]1CC[C@@H](O)[C@@H]1CC=CCCCC(=O)O. The van der Waals surface area contributed by atoms with Crippen molar-refractivity contribution in [2.24, 2.45) is 11.8 Å². The summed E-state index contributed by atoms with van der Waals surface area (Å²) in [6, 6.07) is 0. The predicted octanol–water partition coefficient (Wildman–Crippen LogP) is 4.85. The molecule has 4 atom stereocenters. The molecule has 0 aliphatic heterocycles. The van der Waals surface area contributed by atoms with Crippen molar-refractivity contribution in [3.63, 3.8) is 0 Å². The van der Waals surface area contributed by atoms with Crippen LogP contribution in [0.1, 0.15) is 84.0 Å². The number of rotatable bonds is 14. The average molecular weight is 367 g/mol. The molecule has 0 radical (unpaired) electrons. The fourth-order valence-corrected chi connectivity index (χ4v) is 3.71. The Hall–Kier alpha value is -1.13. The Labute approximate surface area is 159 Å². The van der Waals surface area contributed by atoms with E-state index in [0.29, 0.717) is 12.3 Å². The van der Waals surface area contributed by atoms with E-state index in [-0.39, 0.29) is 24.5 Å². The first-order chi connectivity index (χ1) is 12.5. The Morgan fingerprint density at radius 1 is 1.12 bits per heavy atom. The molecule has 1 aliphatic carbocycles. The predicted molar refractivity (Wildman–Crippen MR) is 106 cm³/mol. The quantitative estimate of drug-likeness (QED) is 0.303. The van der Waals surface area contributed by atoms with Crippen LogP contribution in [0.3, 0.4) is 0 Å². The molecule has 1 fully saturated rings. The second-order valence-corrected chi connectivity index (χ2v) is 7.62. The molecular weight excluding hydrogens is 328 g/mol. The monoisotopic (exact) mass is 366 g/mol. The third-order valence-corrected chi connectivity index (χ3v) is 5.36. The first kappa shape index (κ1) is 22.9. The van der Waals surface area contributed by atoms with Gasteiger partial charge in [0, 0.05) is 6.42 Å². The lowest BCUT2D eigenvalue weighted by molar-refractivity contribution is -0.137. The zero-order chi connectivity index (χ0) is 19.2. The van der Waals surface area contributed by atoms with Crippen molar-refractivity contribution >= 4 is 5.97 Å². The van der Waals surface area contributed by atoms with Crippen LogP contribution in [0.4, 0.5) is 0 Å². The molecule has 4 nitrogen and oxygen atoms in total. The molecule has 0 heterocycles. The lowest BCUT2D eigenvalue weighted by Crippen LogP contribution is -2.17. The summed E-state index contributed by atoms with van der Waals surface area (Å²) in [4.78, 5) is 10.5. The maximum Gasteiger partial charge on any atom is 0.303 e. The van der Waals surface area contributed by atoms with Gasteiger partial charge in [0.1, 0.15) is 0 Å². The van der Waals surface area contributed by atoms with E-state index in [9.17, 15) is 15.0 Å². The Morgan fingerprint density at radius 3 is 2.62 bits per heavy atom. The Balaban J connectivity index is 2.30. The van der Waals surface area contributed by atoms with Crippen LogP contribution < -0.4 is 0 Å². The number of allylic oxidation sites excluding steroid dienone is 3. The van der Waals surface area contributed by atoms with Crippen molar-refractivity contribution in [2.45, 2.75) is 96.2 Å². The Kier molecular flexibility index (Phi) is 12.3. The molecule has 0 aromatic heterocycles. The van der Waals surface area contributed by atoms with Gasteiger partial charge in [-0.2, -0.15) is 0 Å². The van der Waals surface area contributed by atoms with Gasteiger partial charge in [0.25, 0.3) is 0 Å². The van der Waals surface area contributed by atoms with Crippen LogP contribution in [-0.4, -0.2) is 33.5 Å². The number of carboxylic acid groups (broad SMARTS) is 1. The fraction of sp³-hybridized carbons (Fsp3) is 0.773. The second-order valence-electron chi connectivity index (χ2n) is 7.62.